The van der Waals surface area contributed by atoms with Crippen molar-refractivity contribution in [2.45, 2.75) is 59.8 Å². The molecule has 1 aliphatic heterocycles. The zero-order chi connectivity index (χ0) is 13.8. The van der Waals surface area contributed by atoms with Gasteiger partial charge in [-0.05, 0) is 37.0 Å². The molecule has 1 saturated heterocycles. The summed E-state index contributed by atoms with van der Waals surface area (Å²) in [7, 11) is 0. The van der Waals surface area contributed by atoms with E-state index in [9.17, 15) is 0 Å². The Morgan fingerprint density at radius 1 is 1.33 bits per heavy atom. The molecular formula is C17H31N. The maximum Gasteiger partial charge on any atom is 0.0201 e. The first-order chi connectivity index (χ1) is 8.36. The third-order valence-electron chi connectivity index (χ3n) is 4.31. The van der Waals surface area contributed by atoms with Crippen LogP contribution in [0.3, 0.4) is 0 Å². The first-order valence-corrected chi connectivity index (χ1v) is 7.47. The lowest BCUT2D eigenvalue weighted by Crippen LogP contribution is -2.24. The van der Waals surface area contributed by atoms with Crippen molar-refractivity contribution in [3.05, 3.63) is 24.4 Å². The zero-order valence-electron chi connectivity index (χ0n) is 12.9. The maximum absolute atomic E-state index is 4.30. The summed E-state index contributed by atoms with van der Waals surface area (Å²) in [5.41, 5.74) is 2.89. The second kappa shape index (κ2) is 6.45. The van der Waals surface area contributed by atoms with Gasteiger partial charge in [-0.15, -0.1) is 0 Å². The Morgan fingerprint density at radius 3 is 2.50 bits per heavy atom. The van der Waals surface area contributed by atoms with E-state index in [1.165, 1.54) is 43.6 Å². The lowest BCUT2D eigenvalue weighted by Gasteiger charge is -2.32. The Labute approximate surface area is 114 Å². The molecule has 1 unspecified atom stereocenters. The van der Waals surface area contributed by atoms with Crippen LogP contribution in [0.5, 0.6) is 0 Å². The summed E-state index contributed by atoms with van der Waals surface area (Å²) in [4.78, 5) is 2.47. The number of likely N-dealkylation sites (tertiary alicyclic amines) is 1. The number of rotatable bonds is 7. The minimum Gasteiger partial charge on any atom is -0.375 e. The smallest absolute Gasteiger partial charge is 0.0201 e. The molecule has 0 saturated carbocycles. The Morgan fingerprint density at radius 2 is 2.00 bits per heavy atom. The summed E-state index contributed by atoms with van der Waals surface area (Å²) in [5, 5.41) is 0. The minimum absolute atomic E-state index is 0.193. The summed E-state index contributed by atoms with van der Waals surface area (Å²) < 4.78 is 0. The monoisotopic (exact) mass is 249 g/mol. The van der Waals surface area contributed by atoms with Gasteiger partial charge in [0.15, 0.2) is 0 Å². The van der Waals surface area contributed by atoms with Crippen molar-refractivity contribution in [1.82, 2.24) is 4.90 Å². The van der Waals surface area contributed by atoms with Crippen molar-refractivity contribution in [1.29, 1.82) is 0 Å². The molecule has 1 aliphatic rings. The van der Waals surface area contributed by atoms with Gasteiger partial charge in [0.05, 0.1) is 0 Å². The number of allylic oxidation sites excluding steroid dienone is 2. The first kappa shape index (κ1) is 15.3. The summed E-state index contributed by atoms with van der Waals surface area (Å²) in [6, 6.07) is 0. The molecule has 1 nitrogen and oxygen atoms in total. The molecule has 0 aromatic heterocycles. The van der Waals surface area contributed by atoms with Crippen molar-refractivity contribution >= 4 is 0 Å². The normalized spacial score (nSPS) is 20.2. The second-order valence-electron chi connectivity index (χ2n) is 6.67. The van der Waals surface area contributed by atoms with Crippen LogP contribution in [0.4, 0.5) is 0 Å². The summed E-state index contributed by atoms with van der Waals surface area (Å²) >= 11 is 0. The molecule has 0 N–H and O–H groups in total. The third kappa shape index (κ3) is 4.19. The van der Waals surface area contributed by atoms with E-state index in [0.29, 0.717) is 0 Å². The lowest BCUT2D eigenvalue weighted by atomic mass is 9.78. The lowest BCUT2D eigenvalue weighted by molar-refractivity contribution is 0.332. The summed E-state index contributed by atoms with van der Waals surface area (Å²) in [6.45, 7) is 20.2. The number of nitrogens with zero attached hydrogens (tertiary/aromatic N) is 1. The van der Waals surface area contributed by atoms with Crippen LogP contribution in [0.25, 0.3) is 0 Å². The van der Waals surface area contributed by atoms with Crippen LogP contribution in [-0.4, -0.2) is 18.0 Å². The van der Waals surface area contributed by atoms with E-state index in [-0.39, 0.29) is 5.41 Å². The van der Waals surface area contributed by atoms with Crippen LogP contribution in [0.2, 0.25) is 0 Å². The molecule has 0 bridgehead atoms. The van der Waals surface area contributed by atoms with Gasteiger partial charge in [0, 0.05) is 18.8 Å². The highest BCUT2D eigenvalue weighted by Crippen LogP contribution is 2.36. The molecule has 18 heavy (non-hydrogen) atoms. The Hall–Kier alpha value is -0.720. The van der Waals surface area contributed by atoms with E-state index < -0.39 is 0 Å². The molecule has 1 heteroatoms. The molecule has 0 aliphatic carbocycles. The fourth-order valence-electron chi connectivity index (χ4n) is 2.70. The Balaban J connectivity index is 2.48. The summed E-state index contributed by atoms with van der Waals surface area (Å²) in [5.74, 6) is 0.827. The maximum atomic E-state index is 4.30. The van der Waals surface area contributed by atoms with E-state index in [0.717, 1.165) is 18.8 Å². The highest BCUT2D eigenvalue weighted by atomic mass is 15.2. The van der Waals surface area contributed by atoms with Crippen LogP contribution >= 0.6 is 0 Å². The van der Waals surface area contributed by atoms with Crippen molar-refractivity contribution < 1.29 is 0 Å². The standard InChI is InChI=1S/C17H31N/c1-7-8-9-15(3)17(5,6)12-16(4)18-11-10-14(2)13-18/h14H,3-4,7-13H2,1-2,5-6H3. The Bertz CT molecular complexity index is 301. The molecule has 0 spiro atoms. The van der Waals surface area contributed by atoms with E-state index in [4.69, 9.17) is 0 Å². The molecule has 1 fully saturated rings. The van der Waals surface area contributed by atoms with Gasteiger partial charge >= 0.3 is 0 Å². The van der Waals surface area contributed by atoms with E-state index in [1.54, 1.807) is 0 Å². The third-order valence-corrected chi connectivity index (χ3v) is 4.31. The van der Waals surface area contributed by atoms with Gasteiger partial charge in [-0.1, -0.05) is 52.8 Å². The van der Waals surface area contributed by atoms with Gasteiger partial charge in [0.1, 0.15) is 0 Å². The quantitative estimate of drug-likeness (QED) is 0.574. The predicted octanol–water partition coefficient (Wildman–Crippen LogP) is 5.00. The van der Waals surface area contributed by atoms with Crippen LogP contribution in [0, 0.1) is 11.3 Å². The molecule has 0 aromatic rings. The molecule has 104 valence electrons. The van der Waals surface area contributed by atoms with E-state index in [1.807, 2.05) is 0 Å². The van der Waals surface area contributed by atoms with Crippen molar-refractivity contribution in [2.24, 2.45) is 11.3 Å². The number of hydrogen-bond acceptors (Lipinski definition) is 1. The minimum atomic E-state index is 0.193. The second-order valence-corrected chi connectivity index (χ2v) is 6.67. The van der Waals surface area contributed by atoms with Gasteiger partial charge in [0.2, 0.25) is 0 Å². The van der Waals surface area contributed by atoms with Crippen LogP contribution in [0.15, 0.2) is 24.4 Å². The average Bonchev–Trinajstić information content (AvgIpc) is 2.72. The van der Waals surface area contributed by atoms with Gasteiger partial charge in [0.25, 0.3) is 0 Å². The fraction of sp³-hybridized carbons (Fsp3) is 0.765. The molecule has 0 amide bonds. The largest absolute Gasteiger partial charge is 0.375 e. The molecule has 0 aromatic carbocycles. The van der Waals surface area contributed by atoms with Gasteiger partial charge in [-0.2, -0.15) is 0 Å². The fourth-order valence-corrected chi connectivity index (χ4v) is 2.70. The molecular weight excluding hydrogens is 218 g/mol. The van der Waals surface area contributed by atoms with Crippen molar-refractivity contribution in [3.63, 3.8) is 0 Å². The highest BCUT2D eigenvalue weighted by Gasteiger charge is 2.26. The topological polar surface area (TPSA) is 3.24 Å². The molecule has 0 radical (unpaired) electrons. The average molecular weight is 249 g/mol. The van der Waals surface area contributed by atoms with Crippen molar-refractivity contribution in [3.8, 4) is 0 Å². The number of unbranched alkanes of at least 4 members (excludes halogenated alkanes) is 1. The van der Waals surface area contributed by atoms with Gasteiger partial charge < -0.3 is 4.90 Å². The molecule has 1 atom stereocenters. The van der Waals surface area contributed by atoms with Gasteiger partial charge in [-0.3, -0.25) is 0 Å². The van der Waals surface area contributed by atoms with E-state index >= 15 is 0 Å². The Kier molecular flexibility index (Phi) is 5.49. The van der Waals surface area contributed by atoms with Crippen LogP contribution < -0.4 is 0 Å². The van der Waals surface area contributed by atoms with Crippen LogP contribution in [-0.2, 0) is 0 Å². The highest BCUT2D eigenvalue weighted by molar-refractivity contribution is 5.13. The molecule has 1 rings (SSSR count). The SMILES string of the molecule is C=C(CC(C)(C)C(=C)CCCC)N1CCC(C)C1. The van der Waals surface area contributed by atoms with Crippen LogP contribution in [0.1, 0.15) is 59.8 Å². The molecule has 1 heterocycles. The van der Waals surface area contributed by atoms with Crippen molar-refractivity contribution in [2.75, 3.05) is 13.1 Å². The van der Waals surface area contributed by atoms with E-state index in [2.05, 4.69) is 45.8 Å². The predicted molar refractivity (Wildman–Crippen MR) is 81.6 cm³/mol. The van der Waals surface area contributed by atoms with Gasteiger partial charge in [-0.25, -0.2) is 0 Å². The number of hydrogen-bond donors (Lipinski definition) is 0. The zero-order valence-corrected chi connectivity index (χ0v) is 12.9. The first-order valence-electron chi connectivity index (χ1n) is 7.47. The summed E-state index contributed by atoms with van der Waals surface area (Å²) in [6.07, 6.45) is 6.04.